The summed E-state index contributed by atoms with van der Waals surface area (Å²) in [5.41, 5.74) is -0.629. The van der Waals surface area contributed by atoms with E-state index in [1.807, 2.05) is 6.07 Å². The van der Waals surface area contributed by atoms with Gasteiger partial charge in [0.05, 0.1) is 24.3 Å². The number of anilines is 1. The van der Waals surface area contributed by atoms with Crippen LogP contribution in [0.2, 0.25) is 0 Å². The van der Waals surface area contributed by atoms with Crippen LogP contribution in [-0.2, 0) is 17.5 Å². The van der Waals surface area contributed by atoms with Crippen molar-refractivity contribution in [2.24, 2.45) is 0 Å². The predicted octanol–water partition coefficient (Wildman–Crippen LogP) is 2.87. The number of carbonyl (C=O) groups is 1. The van der Waals surface area contributed by atoms with E-state index in [1.165, 1.54) is 12.1 Å². The molecule has 1 aromatic heterocycles. The van der Waals surface area contributed by atoms with E-state index in [0.29, 0.717) is 18.8 Å². The van der Waals surface area contributed by atoms with Gasteiger partial charge in [0.15, 0.2) is 0 Å². The summed E-state index contributed by atoms with van der Waals surface area (Å²) in [6, 6.07) is 8.35. The molecule has 1 N–H and O–H groups in total. The SMILES string of the molecule is O=C(NCc1ccc(N2CCOCC2)nc1)c1ccccc1C(F)(F)F. The number of alkyl halides is 3. The molecule has 0 radical (unpaired) electrons. The van der Waals surface area contributed by atoms with Crippen molar-refractivity contribution in [1.29, 1.82) is 0 Å². The Morgan fingerprint density at radius 3 is 2.54 bits per heavy atom. The van der Waals surface area contributed by atoms with Crippen LogP contribution in [0.4, 0.5) is 19.0 Å². The van der Waals surface area contributed by atoms with Crippen molar-refractivity contribution < 1.29 is 22.7 Å². The Labute approximate surface area is 148 Å². The third-order valence-corrected chi connectivity index (χ3v) is 4.07. The van der Waals surface area contributed by atoms with Crippen LogP contribution in [0.15, 0.2) is 42.6 Å². The zero-order chi connectivity index (χ0) is 18.6. The highest BCUT2D eigenvalue weighted by molar-refractivity contribution is 5.95. The van der Waals surface area contributed by atoms with Crippen LogP contribution in [0.1, 0.15) is 21.5 Å². The van der Waals surface area contributed by atoms with E-state index in [-0.39, 0.29) is 6.54 Å². The molecule has 0 spiro atoms. The van der Waals surface area contributed by atoms with Crippen LogP contribution in [0.25, 0.3) is 0 Å². The summed E-state index contributed by atoms with van der Waals surface area (Å²) >= 11 is 0. The Kier molecular flexibility index (Phi) is 5.41. The first-order valence-electron chi connectivity index (χ1n) is 8.17. The van der Waals surface area contributed by atoms with Crippen LogP contribution in [0.5, 0.6) is 0 Å². The molecular weight excluding hydrogens is 347 g/mol. The molecule has 2 heterocycles. The van der Waals surface area contributed by atoms with Crippen molar-refractivity contribution in [3.63, 3.8) is 0 Å². The molecule has 0 aliphatic carbocycles. The minimum atomic E-state index is -4.57. The number of ether oxygens (including phenoxy) is 1. The zero-order valence-electron chi connectivity index (χ0n) is 13.9. The molecule has 138 valence electrons. The molecule has 1 saturated heterocycles. The molecule has 8 heteroatoms. The fourth-order valence-corrected chi connectivity index (χ4v) is 2.71. The maximum Gasteiger partial charge on any atom is 0.417 e. The molecule has 0 unspecified atom stereocenters. The number of amides is 1. The Hall–Kier alpha value is -2.61. The molecule has 1 aliphatic rings. The van der Waals surface area contributed by atoms with E-state index in [1.54, 1.807) is 12.3 Å². The van der Waals surface area contributed by atoms with Gasteiger partial charge in [0.1, 0.15) is 5.82 Å². The van der Waals surface area contributed by atoms with E-state index in [2.05, 4.69) is 15.2 Å². The van der Waals surface area contributed by atoms with Crippen LogP contribution in [0.3, 0.4) is 0 Å². The number of rotatable bonds is 4. The number of nitrogens with zero attached hydrogens (tertiary/aromatic N) is 2. The predicted molar refractivity (Wildman–Crippen MR) is 89.9 cm³/mol. The fraction of sp³-hybridized carbons (Fsp3) is 0.333. The molecular formula is C18H18F3N3O2. The molecule has 1 fully saturated rings. The average molecular weight is 365 g/mol. The summed E-state index contributed by atoms with van der Waals surface area (Å²) in [6.45, 7) is 2.92. The van der Waals surface area contributed by atoms with Crippen LogP contribution in [0, 0.1) is 0 Å². The van der Waals surface area contributed by atoms with Gasteiger partial charge in [0.2, 0.25) is 0 Å². The lowest BCUT2D eigenvalue weighted by Gasteiger charge is -2.27. The van der Waals surface area contributed by atoms with Crippen molar-refractivity contribution >= 4 is 11.7 Å². The lowest BCUT2D eigenvalue weighted by molar-refractivity contribution is -0.137. The number of hydrogen-bond acceptors (Lipinski definition) is 4. The van der Waals surface area contributed by atoms with Gasteiger partial charge in [-0.05, 0) is 23.8 Å². The number of hydrogen-bond donors (Lipinski definition) is 1. The van der Waals surface area contributed by atoms with Crippen molar-refractivity contribution in [3.05, 3.63) is 59.3 Å². The van der Waals surface area contributed by atoms with Crippen molar-refractivity contribution in [2.45, 2.75) is 12.7 Å². The number of morpholine rings is 1. The average Bonchev–Trinajstić information content (AvgIpc) is 2.66. The van der Waals surface area contributed by atoms with Gasteiger partial charge in [0, 0.05) is 25.8 Å². The first-order chi connectivity index (χ1) is 12.4. The molecule has 0 atom stereocenters. The Bertz CT molecular complexity index is 757. The van der Waals surface area contributed by atoms with E-state index in [4.69, 9.17) is 4.74 Å². The van der Waals surface area contributed by atoms with Crippen molar-refractivity contribution in [2.75, 3.05) is 31.2 Å². The van der Waals surface area contributed by atoms with Gasteiger partial charge in [-0.15, -0.1) is 0 Å². The molecule has 0 bridgehead atoms. The number of halogens is 3. The van der Waals surface area contributed by atoms with Crippen molar-refractivity contribution in [1.82, 2.24) is 10.3 Å². The number of aromatic nitrogens is 1. The van der Waals surface area contributed by atoms with Gasteiger partial charge in [-0.3, -0.25) is 4.79 Å². The summed E-state index contributed by atoms with van der Waals surface area (Å²) < 4.78 is 44.3. The minimum Gasteiger partial charge on any atom is -0.378 e. The summed E-state index contributed by atoms with van der Waals surface area (Å²) in [5, 5.41) is 2.51. The highest BCUT2D eigenvalue weighted by atomic mass is 19.4. The van der Waals surface area contributed by atoms with Gasteiger partial charge in [-0.2, -0.15) is 13.2 Å². The monoisotopic (exact) mass is 365 g/mol. The number of carbonyl (C=O) groups excluding carboxylic acids is 1. The lowest BCUT2D eigenvalue weighted by atomic mass is 10.1. The molecule has 5 nitrogen and oxygen atoms in total. The standard InChI is InChI=1S/C18H18F3N3O2/c19-18(20,21)15-4-2-1-3-14(15)17(25)23-12-13-5-6-16(22-11-13)24-7-9-26-10-8-24/h1-6,11H,7-10,12H2,(H,23,25). The second-order valence-electron chi connectivity index (χ2n) is 5.85. The van der Waals surface area contributed by atoms with E-state index < -0.39 is 23.2 Å². The first-order valence-corrected chi connectivity index (χ1v) is 8.17. The Balaban J connectivity index is 1.63. The number of pyridine rings is 1. The number of nitrogens with one attached hydrogen (secondary N) is 1. The highest BCUT2D eigenvalue weighted by Crippen LogP contribution is 2.31. The van der Waals surface area contributed by atoms with Crippen LogP contribution in [-0.4, -0.2) is 37.2 Å². The molecule has 26 heavy (non-hydrogen) atoms. The summed E-state index contributed by atoms with van der Waals surface area (Å²) in [5.74, 6) is 0.0426. The number of benzene rings is 1. The second-order valence-corrected chi connectivity index (χ2v) is 5.85. The van der Waals surface area contributed by atoms with Crippen LogP contribution >= 0.6 is 0 Å². The molecule has 1 amide bonds. The summed E-state index contributed by atoms with van der Waals surface area (Å²) in [4.78, 5) is 18.6. The topological polar surface area (TPSA) is 54.5 Å². The van der Waals surface area contributed by atoms with Crippen LogP contribution < -0.4 is 10.2 Å². The third-order valence-electron chi connectivity index (χ3n) is 4.07. The second kappa shape index (κ2) is 7.74. The highest BCUT2D eigenvalue weighted by Gasteiger charge is 2.34. The quantitative estimate of drug-likeness (QED) is 0.905. The molecule has 0 saturated carbocycles. The van der Waals surface area contributed by atoms with Crippen molar-refractivity contribution in [3.8, 4) is 0 Å². The Morgan fingerprint density at radius 2 is 1.88 bits per heavy atom. The normalized spacial score (nSPS) is 15.0. The molecule has 2 aromatic rings. The van der Waals surface area contributed by atoms with Gasteiger partial charge in [0.25, 0.3) is 5.91 Å². The van der Waals surface area contributed by atoms with Gasteiger partial charge in [-0.25, -0.2) is 4.98 Å². The van der Waals surface area contributed by atoms with Gasteiger partial charge >= 0.3 is 6.18 Å². The van der Waals surface area contributed by atoms with Gasteiger partial charge in [-0.1, -0.05) is 18.2 Å². The zero-order valence-corrected chi connectivity index (χ0v) is 13.9. The minimum absolute atomic E-state index is 0.0986. The molecule has 1 aliphatic heterocycles. The first kappa shape index (κ1) is 18.2. The smallest absolute Gasteiger partial charge is 0.378 e. The largest absolute Gasteiger partial charge is 0.417 e. The van der Waals surface area contributed by atoms with Gasteiger partial charge < -0.3 is 15.0 Å². The van der Waals surface area contributed by atoms with E-state index in [0.717, 1.165) is 31.0 Å². The third kappa shape index (κ3) is 4.32. The van der Waals surface area contributed by atoms with E-state index in [9.17, 15) is 18.0 Å². The molecule has 3 rings (SSSR count). The fourth-order valence-electron chi connectivity index (χ4n) is 2.71. The van der Waals surface area contributed by atoms with E-state index >= 15 is 0 Å². The molecule has 1 aromatic carbocycles. The maximum atomic E-state index is 13.0. The lowest BCUT2D eigenvalue weighted by Crippen LogP contribution is -2.36. The summed E-state index contributed by atoms with van der Waals surface area (Å²) in [7, 11) is 0. The maximum absolute atomic E-state index is 13.0. The Morgan fingerprint density at radius 1 is 1.15 bits per heavy atom. The summed E-state index contributed by atoms with van der Waals surface area (Å²) in [6.07, 6.45) is -2.96.